The van der Waals surface area contributed by atoms with Gasteiger partial charge in [-0.2, -0.15) is 13.2 Å². The van der Waals surface area contributed by atoms with Gasteiger partial charge in [0.15, 0.2) is 0 Å². The van der Waals surface area contributed by atoms with Crippen LogP contribution in [0.3, 0.4) is 0 Å². The summed E-state index contributed by atoms with van der Waals surface area (Å²) in [6, 6.07) is 2.95. The third-order valence-electron chi connectivity index (χ3n) is 7.85. The monoisotopic (exact) mass is 438 g/mol. The van der Waals surface area contributed by atoms with Gasteiger partial charge in [-0.3, -0.25) is 0 Å². The highest BCUT2D eigenvalue weighted by Crippen LogP contribution is 2.43. The van der Waals surface area contributed by atoms with E-state index in [-0.39, 0.29) is 11.1 Å². The second-order valence-corrected chi connectivity index (χ2v) is 9.89. The Balaban J connectivity index is 1.52. The fourth-order valence-corrected chi connectivity index (χ4v) is 6.10. The van der Waals surface area contributed by atoms with Crippen molar-refractivity contribution in [1.82, 2.24) is 0 Å². The van der Waals surface area contributed by atoms with Crippen molar-refractivity contribution in [3.8, 4) is 0 Å². The van der Waals surface area contributed by atoms with E-state index in [1.54, 1.807) is 13.0 Å². The third-order valence-corrected chi connectivity index (χ3v) is 7.85. The topological polar surface area (TPSA) is 0 Å². The summed E-state index contributed by atoms with van der Waals surface area (Å²) in [7, 11) is 0. The second-order valence-electron chi connectivity index (χ2n) is 9.89. The molecule has 0 aliphatic heterocycles. The fraction of sp³-hybridized carbons (Fsp3) is 0.704. The molecule has 0 spiro atoms. The molecule has 1 aromatic carbocycles. The Morgan fingerprint density at radius 3 is 1.90 bits per heavy atom. The standard InChI is InChI=1S/C27H38F4/c1-3-5-19-7-12-21(13-8-19)22-14-9-20(10-15-22)11-16-24-18-17-23(6-4-2)25(26(24)28)27(29,30)31/h4,6,17-22H,3,5,7-16H2,1-2H3/b6-4+. The van der Waals surface area contributed by atoms with Gasteiger partial charge in [-0.25, -0.2) is 4.39 Å². The number of alkyl halides is 3. The van der Waals surface area contributed by atoms with Crippen LogP contribution in [0.25, 0.3) is 6.08 Å². The van der Waals surface area contributed by atoms with E-state index >= 15 is 0 Å². The van der Waals surface area contributed by atoms with Crippen molar-refractivity contribution >= 4 is 6.08 Å². The van der Waals surface area contributed by atoms with E-state index in [1.807, 2.05) is 0 Å². The SMILES string of the molecule is C/C=C/c1ccc(CCC2CCC(C3CCC(CCC)CC3)CC2)c(F)c1C(F)(F)F. The zero-order valence-electron chi connectivity index (χ0n) is 19.1. The summed E-state index contributed by atoms with van der Waals surface area (Å²) >= 11 is 0. The van der Waals surface area contributed by atoms with Crippen molar-refractivity contribution in [2.75, 3.05) is 0 Å². The highest BCUT2D eigenvalue weighted by molar-refractivity contribution is 5.56. The Kier molecular flexibility index (Phi) is 8.64. The first kappa shape index (κ1) is 24.3. The first-order valence-corrected chi connectivity index (χ1v) is 12.3. The Morgan fingerprint density at radius 1 is 0.871 bits per heavy atom. The Morgan fingerprint density at radius 2 is 1.42 bits per heavy atom. The van der Waals surface area contributed by atoms with Gasteiger partial charge in [0, 0.05) is 0 Å². The number of allylic oxidation sites excluding steroid dienone is 1. The molecule has 0 heterocycles. The summed E-state index contributed by atoms with van der Waals surface area (Å²) < 4.78 is 55.0. The minimum atomic E-state index is -4.68. The highest BCUT2D eigenvalue weighted by Gasteiger charge is 2.37. The molecule has 0 N–H and O–H groups in total. The van der Waals surface area contributed by atoms with Gasteiger partial charge in [0.1, 0.15) is 5.82 Å². The average molecular weight is 439 g/mol. The molecular formula is C27H38F4. The van der Waals surface area contributed by atoms with Crippen molar-refractivity contribution in [1.29, 1.82) is 0 Å². The minimum absolute atomic E-state index is 0.0922. The van der Waals surface area contributed by atoms with Gasteiger partial charge in [-0.15, -0.1) is 0 Å². The molecule has 2 saturated carbocycles. The summed E-state index contributed by atoms with van der Waals surface area (Å²) in [6.45, 7) is 3.92. The highest BCUT2D eigenvalue weighted by atomic mass is 19.4. The van der Waals surface area contributed by atoms with Gasteiger partial charge in [0.2, 0.25) is 0 Å². The van der Waals surface area contributed by atoms with Crippen LogP contribution in [-0.4, -0.2) is 0 Å². The maximum atomic E-state index is 14.7. The Bertz CT molecular complexity index is 717. The van der Waals surface area contributed by atoms with Gasteiger partial charge in [0.25, 0.3) is 0 Å². The van der Waals surface area contributed by atoms with Crippen LogP contribution >= 0.6 is 0 Å². The van der Waals surface area contributed by atoms with E-state index in [0.717, 1.165) is 37.0 Å². The molecule has 0 atom stereocenters. The molecule has 0 nitrogen and oxygen atoms in total. The second kappa shape index (κ2) is 11.0. The lowest BCUT2D eigenvalue weighted by atomic mass is 9.68. The van der Waals surface area contributed by atoms with Gasteiger partial charge in [0.05, 0.1) is 5.56 Å². The minimum Gasteiger partial charge on any atom is -0.206 e. The molecule has 31 heavy (non-hydrogen) atoms. The maximum absolute atomic E-state index is 14.7. The molecule has 0 unspecified atom stereocenters. The third kappa shape index (κ3) is 6.35. The number of rotatable bonds is 7. The maximum Gasteiger partial charge on any atom is 0.419 e. The van der Waals surface area contributed by atoms with Crippen LogP contribution in [0, 0.1) is 29.5 Å². The molecule has 2 aliphatic rings. The number of halogens is 4. The predicted octanol–water partition coefficient (Wildman–Crippen LogP) is 9.22. The molecule has 3 rings (SSSR count). The zero-order chi connectivity index (χ0) is 22.4. The van der Waals surface area contributed by atoms with Gasteiger partial charge >= 0.3 is 6.18 Å². The first-order chi connectivity index (χ1) is 14.8. The largest absolute Gasteiger partial charge is 0.419 e. The molecule has 0 radical (unpaired) electrons. The number of hydrogen-bond acceptors (Lipinski definition) is 0. The van der Waals surface area contributed by atoms with Crippen LogP contribution in [0.5, 0.6) is 0 Å². The summed E-state index contributed by atoms with van der Waals surface area (Å²) in [5.41, 5.74) is -1.01. The summed E-state index contributed by atoms with van der Waals surface area (Å²) in [6.07, 6.45) is 12.3. The van der Waals surface area contributed by atoms with E-state index in [4.69, 9.17) is 0 Å². The Hall–Kier alpha value is -1.32. The zero-order valence-corrected chi connectivity index (χ0v) is 19.1. The van der Waals surface area contributed by atoms with Crippen molar-refractivity contribution in [2.24, 2.45) is 23.7 Å². The molecule has 0 saturated heterocycles. The van der Waals surface area contributed by atoms with E-state index in [0.29, 0.717) is 12.3 Å². The van der Waals surface area contributed by atoms with Crippen molar-refractivity contribution < 1.29 is 17.6 Å². The molecule has 0 bridgehead atoms. The van der Waals surface area contributed by atoms with Crippen molar-refractivity contribution in [2.45, 2.75) is 97.1 Å². The smallest absolute Gasteiger partial charge is 0.206 e. The molecule has 174 valence electrons. The molecule has 0 aromatic heterocycles. The van der Waals surface area contributed by atoms with Crippen LogP contribution in [0.4, 0.5) is 17.6 Å². The average Bonchev–Trinajstić information content (AvgIpc) is 2.74. The van der Waals surface area contributed by atoms with Crippen molar-refractivity contribution in [3.05, 3.63) is 40.7 Å². The van der Waals surface area contributed by atoms with Crippen LogP contribution in [0.15, 0.2) is 18.2 Å². The number of benzene rings is 1. The van der Waals surface area contributed by atoms with Crippen LogP contribution in [-0.2, 0) is 12.6 Å². The van der Waals surface area contributed by atoms with Gasteiger partial charge in [-0.1, -0.05) is 69.7 Å². The summed E-state index contributed by atoms with van der Waals surface area (Å²) in [5, 5.41) is 0. The van der Waals surface area contributed by atoms with Crippen LogP contribution < -0.4 is 0 Å². The number of aryl methyl sites for hydroxylation is 1. The molecule has 4 heteroatoms. The van der Waals surface area contributed by atoms with Crippen LogP contribution in [0.2, 0.25) is 0 Å². The van der Waals surface area contributed by atoms with Gasteiger partial charge in [-0.05, 0) is 80.2 Å². The predicted molar refractivity (Wildman–Crippen MR) is 120 cm³/mol. The first-order valence-electron chi connectivity index (χ1n) is 12.3. The quantitative estimate of drug-likeness (QED) is 0.372. The molecular weight excluding hydrogens is 400 g/mol. The van der Waals surface area contributed by atoms with Crippen LogP contribution in [0.1, 0.15) is 101 Å². The summed E-state index contributed by atoms with van der Waals surface area (Å²) in [4.78, 5) is 0. The van der Waals surface area contributed by atoms with E-state index in [2.05, 4.69) is 6.92 Å². The lowest BCUT2D eigenvalue weighted by Gasteiger charge is -2.38. The Labute approximate surface area is 185 Å². The van der Waals surface area contributed by atoms with E-state index in [9.17, 15) is 17.6 Å². The van der Waals surface area contributed by atoms with Gasteiger partial charge < -0.3 is 0 Å². The fourth-order valence-electron chi connectivity index (χ4n) is 6.10. The molecule has 2 aliphatic carbocycles. The molecule has 2 fully saturated rings. The van der Waals surface area contributed by atoms with Crippen molar-refractivity contribution in [3.63, 3.8) is 0 Å². The number of hydrogen-bond donors (Lipinski definition) is 0. The molecule has 1 aromatic rings. The lowest BCUT2D eigenvalue weighted by Crippen LogP contribution is -2.26. The normalized spacial score (nSPS) is 27.7. The van der Waals surface area contributed by atoms with E-state index < -0.39 is 17.6 Å². The summed E-state index contributed by atoms with van der Waals surface area (Å²) in [5.74, 6) is 2.07. The van der Waals surface area contributed by atoms with E-state index in [1.165, 1.54) is 69.6 Å². The lowest BCUT2D eigenvalue weighted by molar-refractivity contribution is -0.140. The molecule has 0 amide bonds.